The van der Waals surface area contributed by atoms with Crippen molar-refractivity contribution in [1.82, 2.24) is 0 Å². The third kappa shape index (κ3) is 6.26. The van der Waals surface area contributed by atoms with Crippen LogP contribution in [0.1, 0.15) is 18.1 Å². The molecule has 2 aromatic carbocycles. The van der Waals surface area contributed by atoms with Gasteiger partial charge in [0, 0.05) is 11.9 Å². The van der Waals surface area contributed by atoms with Gasteiger partial charge in [0.05, 0.1) is 23.5 Å². The molecule has 2 amide bonds. The van der Waals surface area contributed by atoms with Gasteiger partial charge in [-0.15, -0.1) is 0 Å². The number of carbonyl (C=O) groups excluding carboxylic acids is 2. The van der Waals surface area contributed by atoms with E-state index in [2.05, 4.69) is 10.6 Å². The Morgan fingerprint density at radius 3 is 2.41 bits per heavy atom. The third-order valence-electron chi connectivity index (χ3n) is 3.38. The van der Waals surface area contributed by atoms with Crippen molar-refractivity contribution in [3.8, 4) is 0 Å². The molecular formula is C18H16ClF3N2O3. The number of halogens is 4. The highest BCUT2D eigenvalue weighted by Gasteiger charge is 2.31. The summed E-state index contributed by atoms with van der Waals surface area (Å²) < 4.78 is 43.9. The van der Waals surface area contributed by atoms with Crippen LogP contribution >= 0.6 is 11.6 Å². The molecule has 0 aliphatic heterocycles. The molecule has 2 N–H and O–H groups in total. The smallest absolute Gasteiger partial charge is 0.367 e. The van der Waals surface area contributed by atoms with Crippen molar-refractivity contribution in [3.05, 3.63) is 58.6 Å². The molecule has 0 spiro atoms. The highest BCUT2D eigenvalue weighted by molar-refractivity contribution is 6.31. The number of anilines is 2. The SMILES string of the molecule is CC(=O)Nc1ccc(C(F)(F)F)cc1NC(=O)COCc1ccccc1Cl. The molecule has 5 nitrogen and oxygen atoms in total. The number of carbonyl (C=O) groups is 2. The standard InChI is InChI=1S/C18H16ClF3N2O3/c1-11(25)23-15-7-6-13(18(20,21)22)8-16(15)24-17(26)10-27-9-12-4-2-3-5-14(12)19/h2-8H,9-10H2,1H3,(H,23,25)(H,24,26). The Morgan fingerprint density at radius 1 is 1.07 bits per heavy atom. The molecule has 0 fully saturated rings. The molecule has 0 saturated heterocycles. The fraction of sp³-hybridized carbons (Fsp3) is 0.222. The van der Waals surface area contributed by atoms with Crippen LogP contribution in [0.15, 0.2) is 42.5 Å². The van der Waals surface area contributed by atoms with Crippen LogP contribution in [0.5, 0.6) is 0 Å². The molecule has 0 unspecified atom stereocenters. The van der Waals surface area contributed by atoms with E-state index in [1.165, 1.54) is 6.92 Å². The van der Waals surface area contributed by atoms with Crippen molar-refractivity contribution in [2.45, 2.75) is 19.7 Å². The number of rotatable bonds is 6. The zero-order valence-electron chi connectivity index (χ0n) is 14.2. The number of hydrogen-bond donors (Lipinski definition) is 2. The number of nitrogens with one attached hydrogen (secondary N) is 2. The van der Waals surface area contributed by atoms with Gasteiger partial charge in [-0.2, -0.15) is 13.2 Å². The lowest BCUT2D eigenvalue weighted by molar-refractivity contribution is -0.137. The van der Waals surface area contributed by atoms with Crippen molar-refractivity contribution >= 4 is 34.8 Å². The Bertz CT molecular complexity index is 841. The first kappa shape index (κ1) is 20.7. The first-order valence-electron chi connectivity index (χ1n) is 7.76. The van der Waals surface area contributed by atoms with Gasteiger partial charge in [0.2, 0.25) is 11.8 Å². The predicted molar refractivity (Wildman–Crippen MR) is 95.5 cm³/mol. The third-order valence-corrected chi connectivity index (χ3v) is 3.75. The Balaban J connectivity index is 2.06. The second kappa shape index (κ2) is 8.88. The van der Waals surface area contributed by atoms with Gasteiger partial charge >= 0.3 is 6.18 Å². The summed E-state index contributed by atoms with van der Waals surface area (Å²) in [6, 6.07) is 9.53. The fourth-order valence-corrected chi connectivity index (χ4v) is 2.37. The highest BCUT2D eigenvalue weighted by Crippen LogP contribution is 2.34. The first-order valence-corrected chi connectivity index (χ1v) is 8.14. The van der Waals surface area contributed by atoms with E-state index >= 15 is 0 Å². The van der Waals surface area contributed by atoms with Crippen LogP contribution < -0.4 is 10.6 Å². The quantitative estimate of drug-likeness (QED) is 0.751. The Kier molecular flexibility index (Phi) is 6.81. The molecule has 0 bridgehead atoms. The maximum atomic E-state index is 12.9. The Hall–Kier alpha value is -2.58. The van der Waals surface area contributed by atoms with Crippen LogP contribution in [-0.2, 0) is 27.1 Å². The topological polar surface area (TPSA) is 67.4 Å². The summed E-state index contributed by atoms with van der Waals surface area (Å²) in [4.78, 5) is 23.2. The molecule has 9 heteroatoms. The summed E-state index contributed by atoms with van der Waals surface area (Å²) in [5, 5.41) is 5.16. The minimum absolute atomic E-state index is 0.0509. The lowest BCUT2D eigenvalue weighted by Crippen LogP contribution is -2.20. The van der Waals surface area contributed by atoms with Gasteiger partial charge in [-0.05, 0) is 29.8 Å². The molecule has 0 aromatic heterocycles. The summed E-state index contributed by atoms with van der Waals surface area (Å²) in [5.74, 6) is -1.16. The van der Waals surface area contributed by atoms with Gasteiger partial charge in [-0.1, -0.05) is 29.8 Å². The maximum absolute atomic E-state index is 12.9. The molecule has 0 atom stereocenters. The van der Waals surface area contributed by atoms with E-state index in [1.54, 1.807) is 24.3 Å². The van der Waals surface area contributed by atoms with Crippen LogP contribution in [0.25, 0.3) is 0 Å². The lowest BCUT2D eigenvalue weighted by Gasteiger charge is -2.15. The summed E-state index contributed by atoms with van der Waals surface area (Å²) in [5.41, 5.74) is -0.407. The van der Waals surface area contributed by atoms with E-state index in [0.717, 1.165) is 18.2 Å². The molecule has 0 saturated carbocycles. The van der Waals surface area contributed by atoms with Crippen LogP contribution in [-0.4, -0.2) is 18.4 Å². The molecule has 0 radical (unpaired) electrons. The number of hydrogen-bond acceptors (Lipinski definition) is 3. The van der Waals surface area contributed by atoms with E-state index in [0.29, 0.717) is 10.6 Å². The molecule has 0 aliphatic carbocycles. The van der Waals surface area contributed by atoms with Crippen molar-refractivity contribution in [2.75, 3.05) is 17.2 Å². The average molecular weight is 401 g/mol. The number of ether oxygens (including phenoxy) is 1. The predicted octanol–water partition coefficient (Wildman–Crippen LogP) is 4.47. The van der Waals surface area contributed by atoms with Crippen LogP contribution in [0.3, 0.4) is 0 Å². The number of amides is 2. The van der Waals surface area contributed by atoms with E-state index in [1.807, 2.05) is 0 Å². The van der Waals surface area contributed by atoms with Gasteiger partial charge in [0.1, 0.15) is 6.61 Å². The summed E-state index contributed by atoms with van der Waals surface area (Å²) in [6.45, 7) is 0.866. The van der Waals surface area contributed by atoms with E-state index in [-0.39, 0.29) is 18.0 Å². The fourth-order valence-electron chi connectivity index (χ4n) is 2.18. The van der Waals surface area contributed by atoms with Crippen molar-refractivity contribution in [2.24, 2.45) is 0 Å². The van der Waals surface area contributed by atoms with E-state index < -0.39 is 30.2 Å². The van der Waals surface area contributed by atoms with Gasteiger partial charge in [0.15, 0.2) is 0 Å². The molecule has 144 valence electrons. The Labute approximate surface area is 158 Å². The minimum atomic E-state index is -4.59. The average Bonchev–Trinajstić information content (AvgIpc) is 2.57. The number of benzene rings is 2. The van der Waals surface area contributed by atoms with E-state index in [4.69, 9.17) is 16.3 Å². The number of alkyl halides is 3. The molecule has 2 aromatic rings. The van der Waals surface area contributed by atoms with Crippen molar-refractivity contribution < 1.29 is 27.5 Å². The second-order valence-electron chi connectivity index (χ2n) is 5.57. The molecule has 27 heavy (non-hydrogen) atoms. The highest BCUT2D eigenvalue weighted by atomic mass is 35.5. The minimum Gasteiger partial charge on any atom is -0.367 e. The van der Waals surface area contributed by atoms with Crippen LogP contribution in [0.4, 0.5) is 24.5 Å². The largest absolute Gasteiger partial charge is 0.416 e. The maximum Gasteiger partial charge on any atom is 0.416 e. The molecule has 0 aliphatic rings. The van der Waals surface area contributed by atoms with Crippen molar-refractivity contribution in [3.63, 3.8) is 0 Å². The molecule has 2 rings (SSSR count). The summed E-state index contributed by atoms with van der Waals surface area (Å²) >= 11 is 5.97. The Morgan fingerprint density at radius 2 is 1.78 bits per heavy atom. The molecule has 0 heterocycles. The van der Waals surface area contributed by atoms with Crippen LogP contribution in [0, 0.1) is 0 Å². The van der Waals surface area contributed by atoms with Crippen molar-refractivity contribution in [1.29, 1.82) is 0 Å². The van der Waals surface area contributed by atoms with Crippen LogP contribution in [0.2, 0.25) is 5.02 Å². The normalized spacial score (nSPS) is 11.1. The zero-order chi connectivity index (χ0) is 20.0. The monoisotopic (exact) mass is 400 g/mol. The van der Waals surface area contributed by atoms with Gasteiger partial charge in [-0.3, -0.25) is 9.59 Å². The van der Waals surface area contributed by atoms with E-state index in [9.17, 15) is 22.8 Å². The van der Waals surface area contributed by atoms with Gasteiger partial charge in [-0.25, -0.2) is 0 Å². The zero-order valence-corrected chi connectivity index (χ0v) is 14.9. The first-order chi connectivity index (χ1) is 12.7. The second-order valence-corrected chi connectivity index (χ2v) is 5.98. The summed E-state index contributed by atoms with van der Waals surface area (Å²) in [6.07, 6.45) is -4.59. The van der Waals surface area contributed by atoms with Gasteiger partial charge < -0.3 is 15.4 Å². The van der Waals surface area contributed by atoms with Gasteiger partial charge in [0.25, 0.3) is 0 Å². The lowest BCUT2D eigenvalue weighted by atomic mass is 10.1. The molecular weight excluding hydrogens is 385 g/mol. The summed E-state index contributed by atoms with van der Waals surface area (Å²) in [7, 11) is 0.